The van der Waals surface area contributed by atoms with Gasteiger partial charge in [0.1, 0.15) is 22.8 Å². The molecule has 6 rings (SSSR count). The summed E-state index contributed by atoms with van der Waals surface area (Å²) < 4.78 is 34.4. The summed E-state index contributed by atoms with van der Waals surface area (Å²) in [6, 6.07) is 16.4. The van der Waals surface area contributed by atoms with E-state index in [9.17, 15) is 23.3 Å². The van der Waals surface area contributed by atoms with Gasteiger partial charge >= 0.3 is 0 Å². The Morgan fingerprint density at radius 2 is 1.83 bits per heavy atom. The monoisotopic (exact) mass is 643 g/mol. The Bertz CT molecular complexity index is 1910. The van der Waals surface area contributed by atoms with Crippen LogP contribution in [0.15, 0.2) is 71.9 Å². The van der Waals surface area contributed by atoms with Gasteiger partial charge < -0.3 is 15.0 Å². The smallest absolute Gasteiger partial charge is 0.293 e. The van der Waals surface area contributed by atoms with Crippen LogP contribution in [0.4, 0.5) is 11.4 Å². The number of amides is 1. The summed E-state index contributed by atoms with van der Waals surface area (Å²) in [7, 11) is -4.48. The molecule has 0 saturated heterocycles. The van der Waals surface area contributed by atoms with Crippen molar-refractivity contribution in [1.82, 2.24) is 19.6 Å². The number of H-pyrrole nitrogens is 1. The molecule has 46 heavy (non-hydrogen) atoms. The number of ether oxygens (including phenoxy) is 1. The maximum Gasteiger partial charge on any atom is 0.293 e. The first-order valence-corrected chi connectivity index (χ1v) is 16.6. The molecule has 0 unspecified atom stereocenters. The molecule has 2 heterocycles. The van der Waals surface area contributed by atoms with Gasteiger partial charge in [0.2, 0.25) is 0 Å². The van der Waals surface area contributed by atoms with E-state index < -0.39 is 31.4 Å². The van der Waals surface area contributed by atoms with Crippen molar-refractivity contribution in [3.8, 4) is 17.6 Å². The lowest BCUT2D eigenvalue weighted by Gasteiger charge is -2.37. The van der Waals surface area contributed by atoms with Gasteiger partial charge in [0.05, 0.1) is 27.6 Å². The third kappa shape index (κ3) is 6.95. The zero-order valence-electron chi connectivity index (χ0n) is 24.9. The van der Waals surface area contributed by atoms with Crippen LogP contribution >= 0.6 is 0 Å². The van der Waals surface area contributed by atoms with Crippen LogP contribution < -0.4 is 14.8 Å². The van der Waals surface area contributed by atoms with Crippen molar-refractivity contribution < 1.29 is 22.9 Å². The van der Waals surface area contributed by atoms with Crippen LogP contribution in [0.3, 0.4) is 0 Å². The van der Waals surface area contributed by atoms with Crippen LogP contribution in [-0.2, 0) is 10.0 Å². The Balaban J connectivity index is 1.13. The van der Waals surface area contributed by atoms with Gasteiger partial charge in [-0.1, -0.05) is 12.1 Å². The van der Waals surface area contributed by atoms with Crippen LogP contribution in [0, 0.1) is 21.4 Å². The molecule has 2 aliphatic rings. The summed E-state index contributed by atoms with van der Waals surface area (Å²) in [5.41, 5.74) is 0.434. The number of hydrogen-bond acceptors (Lipinski definition) is 10. The zero-order valence-corrected chi connectivity index (χ0v) is 25.7. The largest absolute Gasteiger partial charge is 0.455 e. The number of nitriles is 1. The average Bonchev–Trinajstić information content (AvgIpc) is 3.78. The van der Waals surface area contributed by atoms with Gasteiger partial charge in [-0.05, 0) is 74.9 Å². The molecule has 13 nitrogen and oxygen atoms in total. The molecule has 3 N–H and O–H groups in total. The molecule has 238 valence electrons. The van der Waals surface area contributed by atoms with Crippen molar-refractivity contribution in [2.24, 2.45) is 0 Å². The highest BCUT2D eigenvalue weighted by molar-refractivity contribution is 7.90. The van der Waals surface area contributed by atoms with Crippen molar-refractivity contribution in [3.05, 3.63) is 82.7 Å². The van der Waals surface area contributed by atoms with Gasteiger partial charge in [-0.25, -0.2) is 18.1 Å². The number of sulfonamides is 1. The molecular weight excluding hydrogens is 610 g/mol. The summed E-state index contributed by atoms with van der Waals surface area (Å²) >= 11 is 0. The van der Waals surface area contributed by atoms with E-state index in [2.05, 4.69) is 26.3 Å². The van der Waals surface area contributed by atoms with Gasteiger partial charge in [-0.2, -0.15) is 5.26 Å². The molecule has 0 spiro atoms. The predicted octanol–water partition coefficient (Wildman–Crippen LogP) is 5.48. The molecule has 0 bridgehead atoms. The Labute approximate surface area is 265 Å². The van der Waals surface area contributed by atoms with Crippen molar-refractivity contribution in [3.63, 3.8) is 0 Å². The number of aromatic nitrogens is 2. The average molecular weight is 644 g/mol. The summed E-state index contributed by atoms with van der Waals surface area (Å²) in [6.45, 7) is 0.766. The van der Waals surface area contributed by atoms with Gasteiger partial charge in [0, 0.05) is 48.7 Å². The number of nitro benzene ring substituents is 1. The number of pyridine rings is 1. The van der Waals surface area contributed by atoms with Crippen LogP contribution in [0.5, 0.6) is 11.5 Å². The Morgan fingerprint density at radius 1 is 1.09 bits per heavy atom. The lowest BCUT2D eigenvalue weighted by molar-refractivity contribution is -0.384. The predicted molar refractivity (Wildman–Crippen MR) is 170 cm³/mol. The number of fused-ring (bicyclic) bond motifs is 1. The number of hydrogen-bond donors (Lipinski definition) is 3. The van der Waals surface area contributed by atoms with E-state index in [1.807, 2.05) is 10.8 Å². The van der Waals surface area contributed by atoms with Crippen molar-refractivity contribution in [1.29, 1.82) is 5.26 Å². The first-order chi connectivity index (χ1) is 22.2. The number of benzene rings is 2. The molecule has 2 aromatic heterocycles. The number of carbonyl (C=O) groups excluding carboxylic acids is 1. The third-order valence-electron chi connectivity index (χ3n) is 8.46. The molecule has 2 aromatic carbocycles. The SMILES string of the molecule is N#CCCN(C1CCC(Nc2ccc(S(=O)(=O)NC(=O)c3ccccc3Oc3cnc4[nH]ccc4c3)cc2[N+](=O)[O-])CC1)C1CC1. The van der Waals surface area contributed by atoms with Gasteiger partial charge in [-0.15, -0.1) is 0 Å². The number of carbonyl (C=O) groups is 1. The minimum absolute atomic E-state index is 0.0150. The van der Waals surface area contributed by atoms with Crippen LogP contribution in [-0.4, -0.2) is 58.8 Å². The van der Waals surface area contributed by atoms with E-state index >= 15 is 0 Å². The molecule has 14 heteroatoms. The number of nitro groups is 1. The summed E-state index contributed by atoms with van der Waals surface area (Å²) in [6.07, 6.45) is 9.44. The van der Waals surface area contributed by atoms with Gasteiger partial charge in [0.15, 0.2) is 0 Å². The fraction of sp³-hybridized carbons (Fsp3) is 0.344. The fourth-order valence-corrected chi connectivity index (χ4v) is 7.04. The van der Waals surface area contributed by atoms with E-state index in [1.54, 1.807) is 24.4 Å². The highest BCUT2D eigenvalue weighted by Gasteiger charge is 2.36. The molecule has 2 fully saturated rings. The molecule has 2 aliphatic carbocycles. The second-order valence-corrected chi connectivity index (χ2v) is 13.3. The third-order valence-corrected chi connectivity index (χ3v) is 9.79. The zero-order chi connectivity index (χ0) is 32.3. The maximum atomic E-state index is 13.3. The topological polar surface area (TPSA) is 183 Å². The van der Waals surface area contributed by atoms with Crippen molar-refractivity contribution in [2.45, 2.75) is 68.0 Å². The summed E-state index contributed by atoms with van der Waals surface area (Å²) in [5, 5.41) is 25.1. The van der Waals surface area contributed by atoms with Crippen LogP contribution in [0.25, 0.3) is 11.0 Å². The lowest BCUT2D eigenvalue weighted by Crippen LogP contribution is -2.42. The molecule has 0 aliphatic heterocycles. The first kappa shape index (κ1) is 31.0. The number of para-hydroxylation sites is 1. The lowest BCUT2D eigenvalue weighted by atomic mass is 9.89. The number of anilines is 1. The second kappa shape index (κ2) is 13.2. The quantitative estimate of drug-likeness (QED) is 0.132. The molecule has 1 amide bonds. The van der Waals surface area contributed by atoms with E-state index in [-0.39, 0.29) is 23.0 Å². The van der Waals surface area contributed by atoms with Crippen molar-refractivity contribution >= 4 is 38.3 Å². The van der Waals surface area contributed by atoms with Gasteiger partial charge in [-0.3, -0.25) is 19.8 Å². The molecule has 2 saturated carbocycles. The Morgan fingerprint density at radius 3 is 2.54 bits per heavy atom. The number of rotatable bonds is 12. The normalized spacial score (nSPS) is 18.2. The number of aromatic amines is 1. The Kier molecular flexibility index (Phi) is 8.87. The highest BCUT2D eigenvalue weighted by Crippen LogP contribution is 2.36. The Hall–Kier alpha value is -5.00. The summed E-state index contributed by atoms with van der Waals surface area (Å²) in [4.78, 5) is 33.8. The van der Waals surface area contributed by atoms with E-state index in [0.717, 1.165) is 56.5 Å². The van der Waals surface area contributed by atoms with Crippen LogP contribution in [0.1, 0.15) is 55.3 Å². The minimum atomic E-state index is -4.48. The number of nitrogens with zero attached hydrogens (tertiary/aromatic N) is 4. The molecule has 4 aromatic rings. The standard InChI is InChI=1S/C32H33N7O6S/c33-15-3-17-38(24-10-11-24)23-8-6-22(7-9-23)36-28-13-12-26(19-29(28)39(41)42)46(43,44)37-32(40)27-4-1-2-5-30(27)45-25-18-21-14-16-34-31(21)35-20-25/h1-2,4-5,12-14,16,18-20,22-24,36H,3,6-11,17H2,(H,34,35)(H,37,40). The first-order valence-electron chi connectivity index (χ1n) is 15.2. The highest BCUT2D eigenvalue weighted by atomic mass is 32.2. The molecular formula is C32H33N7O6S. The summed E-state index contributed by atoms with van der Waals surface area (Å²) in [5.74, 6) is -0.498. The van der Waals surface area contributed by atoms with Crippen molar-refractivity contribution in [2.75, 3.05) is 11.9 Å². The molecule has 0 radical (unpaired) electrons. The van der Waals surface area contributed by atoms with E-state index in [0.29, 0.717) is 29.9 Å². The molecule has 0 atom stereocenters. The van der Waals surface area contributed by atoms with Gasteiger partial charge in [0.25, 0.3) is 21.6 Å². The maximum absolute atomic E-state index is 13.3. The number of nitrogens with one attached hydrogen (secondary N) is 3. The minimum Gasteiger partial charge on any atom is -0.455 e. The fourth-order valence-electron chi connectivity index (χ4n) is 6.05. The van der Waals surface area contributed by atoms with E-state index in [4.69, 9.17) is 10.00 Å². The second-order valence-electron chi connectivity index (χ2n) is 11.6. The van der Waals surface area contributed by atoms with Crippen LogP contribution in [0.2, 0.25) is 0 Å². The van der Waals surface area contributed by atoms with E-state index in [1.165, 1.54) is 30.5 Å².